The number of hydrogen-bond donors (Lipinski definition) is 2. The van der Waals surface area contributed by atoms with Crippen LogP contribution in [-0.2, 0) is 46.5 Å². The number of anilines is 2. The Morgan fingerprint density at radius 3 is 1.57 bits per heavy atom. The molecule has 6 aromatic rings. The van der Waals surface area contributed by atoms with Crippen LogP contribution in [0.25, 0.3) is 0 Å². The van der Waals surface area contributed by atoms with Crippen molar-refractivity contribution >= 4 is 35.2 Å². The monoisotopic (exact) mass is 814 g/mol. The number of benzene rings is 2. The first kappa shape index (κ1) is 43.1. The Morgan fingerprint density at radius 1 is 0.683 bits per heavy atom. The number of aromatic nitrogens is 10. The number of tetrazole rings is 2. The van der Waals surface area contributed by atoms with Crippen LogP contribution in [0.15, 0.2) is 107 Å². The lowest BCUT2D eigenvalue weighted by Gasteiger charge is -2.19. The molecule has 0 aliphatic carbocycles. The highest BCUT2D eigenvalue weighted by molar-refractivity contribution is 6.10. The van der Waals surface area contributed by atoms with Gasteiger partial charge in [-0.3, -0.25) is 10.6 Å². The molecule has 0 unspecified atom stereocenters. The minimum atomic E-state index is -0.630. The van der Waals surface area contributed by atoms with E-state index in [-0.39, 0.29) is 19.8 Å². The van der Waals surface area contributed by atoms with E-state index in [1.54, 1.807) is 71.3 Å². The van der Waals surface area contributed by atoms with Gasteiger partial charge in [0, 0.05) is 31.6 Å². The van der Waals surface area contributed by atoms with Crippen LogP contribution in [0.2, 0.25) is 0 Å². The number of carbonyl (C=O) groups excluding carboxylic acids is 2. The predicted octanol–water partition coefficient (Wildman–Crippen LogP) is 5.07. The molecule has 2 amide bonds. The molecule has 4 heterocycles. The van der Waals surface area contributed by atoms with Crippen LogP contribution in [0.5, 0.6) is 0 Å². The molecule has 0 atom stereocenters. The molecule has 20 heteroatoms. The third-order valence-corrected chi connectivity index (χ3v) is 7.45. The molecular weight excluding hydrogens is 773 g/mol. The fourth-order valence-corrected chi connectivity index (χ4v) is 4.83. The second kappa shape index (κ2) is 21.4. The van der Waals surface area contributed by atoms with Crippen molar-refractivity contribution in [2.45, 2.75) is 46.0 Å². The molecule has 0 aliphatic rings. The van der Waals surface area contributed by atoms with E-state index in [0.29, 0.717) is 52.5 Å². The number of aryl methyl sites for hydroxylation is 2. The molecule has 0 saturated heterocycles. The first-order valence-electron chi connectivity index (χ1n) is 18.2. The van der Waals surface area contributed by atoms with Crippen molar-refractivity contribution in [2.24, 2.45) is 24.4 Å². The minimum absolute atomic E-state index is 0.0727. The third kappa shape index (κ3) is 13.5. The lowest BCUT2D eigenvalue weighted by Crippen LogP contribution is -2.27. The van der Waals surface area contributed by atoms with Crippen molar-refractivity contribution in [2.75, 3.05) is 17.2 Å². The average molecular weight is 815 g/mol. The number of hydrogen-bond acceptors (Lipinski definition) is 16. The van der Waals surface area contributed by atoms with E-state index >= 15 is 0 Å². The summed E-state index contributed by atoms with van der Waals surface area (Å²) in [6.45, 7) is 5.67. The summed E-state index contributed by atoms with van der Waals surface area (Å²) < 4.78 is 13.2. The van der Waals surface area contributed by atoms with Gasteiger partial charge in [-0.25, -0.2) is 28.9 Å². The second-order valence-electron chi connectivity index (χ2n) is 13.3. The molecular formula is C40H42N14O6. The molecule has 0 fully saturated rings. The molecule has 0 saturated carbocycles. The number of carbonyl (C=O) groups is 2. The van der Waals surface area contributed by atoms with Crippen molar-refractivity contribution in [3.05, 3.63) is 131 Å². The minimum Gasteiger partial charge on any atom is -0.448 e. The summed E-state index contributed by atoms with van der Waals surface area (Å²) in [6.07, 6.45) is 4.26. The summed E-state index contributed by atoms with van der Waals surface area (Å²) in [4.78, 5) is 43.3. The summed E-state index contributed by atoms with van der Waals surface area (Å²) in [7, 11) is 3.44. The van der Waals surface area contributed by atoms with Crippen LogP contribution in [0.1, 0.15) is 61.4 Å². The zero-order valence-electron chi connectivity index (χ0n) is 33.5. The van der Waals surface area contributed by atoms with E-state index in [1.807, 2.05) is 60.7 Å². The normalized spacial score (nSPS) is 11.3. The van der Waals surface area contributed by atoms with Crippen LogP contribution < -0.4 is 10.6 Å². The standard InChI is InChI=1S/C20H23N7O3.C20H19N7O3/c1-20(2,3)30-19(28)22-16-12-8-11-15(21-16)13-29-24-17(14-9-6-5-7-10-14)18-23-25-26-27(18)4;1-3-4-13-29-20(28)22-17-12-8-11-16(21-17)14-30-24-18(15-9-6-5-7-10-15)19-23-25-26-27(19)2/h5-12H,13H2,1-4H3,(H,21,22,28);1,5-12H,4,13-14H2,2H3,(H,21,22,28)/b24-17-;24-18-. The molecule has 2 aromatic carbocycles. The van der Waals surface area contributed by atoms with E-state index in [4.69, 9.17) is 25.6 Å². The number of ether oxygens (including phenoxy) is 2. The van der Waals surface area contributed by atoms with Gasteiger partial charge in [0.1, 0.15) is 23.8 Å². The number of oxime groups is 2. The Kier molecular flexibility index (Phi) is 15.4. The van der Waals surface area contributed by atoms with E-state index in [9.17, 15) is 9.59 Å². The third-order valence-electron chi connectivity index (χ3n) is 7.45. The molecule has 0 aliphatic heterocycles. The van der Waals surface area contributed by atoms with E-state index in [1.165, 1.54) is 9.36 Å². The summed E-state index contributed by atoms with van der Waals surface area (Å²) in [5.74, 6) is 4.00. The van der Waals surface area contributed by atoms with E-state index in [0.717, 1.165) is 11.1 Å². The number of nitrogens with zero attached hydrogens (tertiary/aromatic N) is 12. The molecule has 308 valence electrons. The van der Waals surface area contributed by atoms with Gasteiger partial charge in [-0.2, -0.15) is 0 Å². The van der Waals surface area contributed by atoms with Gasteiger partial charge in [-0.05, 0) is 65.9 Å². The molecule has 20 nitrogen and oxygen atoms in total. The van der Waals surface area contributed by atoms with Crippen molar-refractivity contribution in [3.63, 3.8) is 0 Å². The molecule has 2 N–H and O–H groups in total. The van der Waals surface area contributed by atoms with Crippen molar-refractivity contribution in [3.8, 4) is 12.3 Å². The van der Waals surface area contributed by atoms with Gasteiger partial charge in [-0.15, -0.1) is 22.5 Å². The molecule has 0 bridgehead atoms. The average Bonchev–Trinajstić information content (AvgIpc) is 3.86. The number of amides is 2. The van der Waals surface area contributed by atoms with Crippen LogP contribution in [-0.4, -0.2) is 86.2 Å². The fourth-order valence-electron chi connectivity index (χ4n) is 4.83. The maximum atomic E-state index is 11.9. The smallest absolute Gasteiger partial charge is 0.413 e. The summed E-state index contributed by atoms with van der Waals surface area (Å²) >= 11 is 0. The van der Waals surface area contributed by atoms with Gasteiger partial charge in [0.2, 0.25) is 11.6 Å². The topological polar surface area (TPSA) is 233 Å². The number of nitrogens with one attached hydrogen (secondary N) is 2. The van der Waals surface area contributed by atoms with Crippen LogP contribution in [0.3, 0.4) is 0 Å². The van der Waals surface area contributed by atoms with Crippen molar-refractivity contribution < 1.29 is 28.7 Å². The van der Waals surface area contributed by atoms with Gasteiger partial charge >= 0.3 is 12.2 Å². The highest BCUT2D eigenvalue weighted by atomic mass is 16.6. The molecule has 60 heavy (non-hydrogen) atoms. The molecule has 4 aromatic heterocycles. The Labute approximate surface area is 345 Å². The lowest BCUT2D eigenvalue weighted by atomic mass is 10.1. The lowest BCUT2D eigenvalue weighted by molar-refractivity contribution is 0.0635. The number of rotatable bonds is 14. The highest BCUT2D eigenvalue weighted by Crippen LogP contribution is 2.14. The Hall–Kier alpha value is -8.08. The van der Waals surface area contributed by atoms with Crippen LogP contribution >= 0.6 is 0 Å². The molecule has 6 rings (SSSR count). The Morgan fingerprint density at radius 2 is 1.15 bits per heavy atom. The van der Waals surface area contributed by atoms with Crippen molar-refractivity contribution in [1.82, 2.24) is 50.4 Å². The Bertz CT molecular complexity index is 2420. The summed E-state index contributed by atoms with van der Waals surface area (Å²) in [6, 6.07) is 29.2. The summed E-state index contributed by atoms with van der Waals surface area (Å²) in [5.41, 5.74) is 3.12. The Balaban J connectivity index is 0.000000228. The first-order valence-corrected chi connectivity index (χ1v) is 18.2. The first-order chi connectivity index (χ1) is 29.0. The van der Waals surface area contributed by atoms with Crippen LogP contribution in [0, 0.1) is 12.3 Å². The number of terminal acetylenes is 1. The quantitative estimate of drug-likeness (QED) is 0.0633. The van der Waals surface area contributed by atoms with Gasteiger partial charge in [0.05, 0.1) is 11.4 Å². The highest BCUT2D eigenvalue weighted by Gasteiger charge is 2.18. The maximum absolute atomic E-state index is 11.9. The van der Waals surface area contributed by atoms with E-state index < -0.39 is 17.8 Å². The predicted molar refractivity (Wildman–Crippen MR) is 218 cm³/mol. The number of pyridine rings is 2. The van der Waals surface area contributed by atoms with Gasteiger partial charge in [-0.1, -0.05) is 83.1 Å². The van der Waals surface area contributed by atoms with Crippen LogP contribution in [0.4, 0.5) is 21.2 Å². The zero-order valence-corrected chi connectivity index (χ0v) is 33.5. The zero-order chi connectivity index (χ0) is 42.7. The van der Waals surface area contributed by atoms with E-state index in [2.05, 4.69) is 67.9 Å². The SMILES string of the molecule is C#CCCOC(=O)Nc1cccc(CO/N=C(/c2ccccc2)c2nnnn2C)n1.Cn1nnnc1/C(=N\OCc1cccc(NC(=O)OC(C)(C)C)n1)c1ccccc1. The van der Waals surface area contributed by atoms with Crippen molar-refractivity contribution in [1.29, 1.82) is 0 Å². The fraction of sp³-hybridized carbons (Fsp3) is 0.250. The van der Waals surface area contributed by atoms with Gasteiger partial charge in [0.25, 0.3) is 0 Å². The largest absolute Gasteiger partial charge is 0.448 e. The maximum Gasteiger partial charge on any atom is 0.413 e. The van der Waals surface area contributed by atoms with Gasteiger partial charge in [0.15, 0.2) is 24.6 Å². The van der Waals surface area contributed by atoms with Gasteiger partial charge < -0.3 is 19.1 Å². The molecule has 0 spiro atoms. The second-order valence-corrected chi connectivity index (χ2v) is 13.3. The molecule has 0 radical (unpaired) electrons. The summed E-state index contributed by atoms with van der Waals surface area (Å²) in [5, 5.41) is 36.6.